The molecule has 2 heterocycles. The number of hydrogen-bond donors (Lipinski definition) is 1. The van der Waals surface area contributed by atoms with E-state index < -0.39 is 0 Å². The van der Waals surface area contributed by atoms with Crippen LogP contribution in [0.5, 0.6) is 5.75 Å². The van der Waals surface area contributed by atoms with Crippen molar-refractivity contribution in [1.29, 1.82) is 0 Å². The van der Waals surface area contributed by atoms with Crippen LogP contribution in [0.2, 0.25) is 0 Å². The highest BCUT2D eigenvalue weighted by Crippen LogP contribution is 2.23. The number of para-hydroxylation sites is 1. The zero-order chi connectivity index (χ0) is 24.1. The molecule has 0 saturated carbocycles. The van der Waals surface area contributed by atoms with Gasteiger partial charge in [-0.2, -0.15) is 5.10 Å². The summed E-state index contributed by atoms with van der Waals surface area (Å²) in [6, 6.07) is 18.9. The molecule has 0 fully saturated rings. The van der Waals surface area contributed by atoms with Crippen molar-refractivity contribution in [1.82, 2.24) is 9.78 Å². The zero-order valence-electron chi connectivity index (χ0n) is 19.2. The molecular weight excluding hydrogens is 494 g/mol. The van der Waals surface area contributed by atoms with Gasteiger partial charge in [0.15, 0.2) is 5.76 Å². The predicted octanol–water partition coefficient (Wildman–Crippen LogP) is 6.46. The van der Waals surface area contributed by atoms with Crippen molar-refractivity contribution in [2.45, 2.75) is 33.4 Å². The van der Waals surface area contributed by atoms with Crippen LogP contribution in [0.15, 0.2) is 82.2 Å². The van der Waals surface area contributed by atoms with Crippen LogP contribution in [0.4, 0.5) is 5.69 Å². The van der Waals surface area contributed by atoms with E-state index in [9.17, 15) is 4.79 Å². The van der Waals surface area contributed by atoms with E-state index in [0.29, 0.717) is 18.0 Å². The van der Waals surface area contributed by atoms with Crippen molar-refractivity contribution in [3.8, 4) is 5.75 Å². The molecule has 0 radical (unpaired) electrons. The minimum absolute atomic E-state index is 0.228. The second kappa shape index (κ2) is 10.6. The average molecular weight is 520 g/mol. The second-order valence-corrected chi connectivity index (χ2v) is 8.75. The first-order valence-electron chi connectivity index (χ1n) is 10.9. The Balaban J connectivity index is 1.39. The molecule has 0 spiro atoms. The third kappa shape index (κ3) is 5.48. The van der Waals surface area contributed by atoms with Gasteiger partial charge in [0.1, 0.15) is 18.1 Å². The lowest BCUT2D eigenvalue weighted by Crippen LogP contribution is -2.11. The summed E-state index contributed by atoms with van der Waals surface area (Å²) in [6.45, 7) is 8.61. The van der Waals surface area contributed by atoms with Crippen LogP contribution in [0, 0.1) is 13.8 Å². The maximum Gasteiger partial charge on any atom is 0.291 e. The summed E-state index contributed by atoms with van der Waals surface area (Å²) in [5.41, 5.74) is 4.78. The zero-order valence-corrected chi connectivity index (χ0v) is 20.8. The van der Waals surface area contributed by atoms with Crippen LogP contribution < -0.4 is 10.1 Å². The maximum absolute atomic E-state index is 12.7. The van der Waals surface area contributed by atoms with Crippen LogP contribution in [0.1, 0.15) is 38.8 Å². The van der Waals surface area contributed by atoms with Crippen molar-refractivity contribution in [3.63, 3.8) is 0 Å². The lowest BCUT2D eigenvalue weighted by atomic mass is 10.1. The average Bonchev–Trinajstić information content (AvgIpc) is 3.40. The summed E-state index contributed by atoms with van der Waals surface area (Å²) >= 11 is 3.56. The summed E-state index contributed by atoms with van der Waals surface area (Å²) < 4.78 is 14.6. The molecule has 4 rings (SSSR count). The molecule has 2 aromatic carbocycles. The van der Waals surface area contributed by atoms with Gasteiger partial charge in [-0.1, -0.05) is 36.4 Å². The highest BCUT2D eigenvalue weighted by Gasteiger charge is 2.14. The standard InChI is InChI=1S/C27H26BrN3O3/c1-4-8-21-10-5-6-12-24(21)33-17-23-13-14-25(34-23)27(32)29-22-11-7-9-20(15-22)16-31-19(3)26(28)18(2)30-31/h4-7,9-15H,1,8,16-17H2,2-3H3,(H,29,32). The van der Waals surface area contributed by atoms with Gasteiger partial charge in [-0.15, -0.1) is 6.58 Å². The minimum atomic E-state index is -0.315. The van der Waals surface area contributed by atoms with E-state index in [1.54, 1.807) is 12.1 Å². The third-order valence-electron chi connectivity index (χ3n) is 5.40. The monoisotopic (exact) mass is 519 g/mol. The first-order valence-corrected chi connectivity index (χ1v) is 11.7. The van der Waals surface area contributed by atoms with Gasteiger partial charge in [0, 0.05) is 5.69 Å². The number of halogens is 1. The Labute approximate surface area is 207 Å². The Hall–Kier alpha value is -3.58. The van der Waals surface area contributed by atoms with Crippen LogP contribution in [-0.2, 0) is 19.6 Å². The summed E-state index contributed by atoms with van der Waals surface area (Å²) in [6.07, 6.45) is 2.56. The van der Waals surface area contributed by atoms with E-state index in [2.05, 4.69) is 32.9 Å². The molecule has 0 atom stereocenters. The van der Waals surface area contributed by atoms with Crippen molar-refractivity contribution in [3.05, 3.63) is 112 Å². The minimum Gasteiger partial charge on any atom is -0.485 e. The highest BCUT2D eigenvalue weighted by atomic mass is 79.9. The number of nitrogens with zero attached hydrogens (tertiary/aromatic N) is 2. The molecule has 0 aliphatic rings. The Bertz CT molecular complexity index is 1320. The number of amides is 1. The van der Waals surface area contributed by atoms with E-state index in [4.69, 9.17) is 9.15 Å². The van der Waals surface area contributed by atoms with Crippen LogP contribution in [0.3, 0.4) is 0 Å². The molecule has 6 nitrogen and oxygen atoms in total. The van der Waals surface area contributed by atoms with Crippen molar-refractivity contribution in [2.24, 2.45) is 0 Å². The molecule has 0 unspecified atom stereocenters. The van der Waals surface area contributed by atoms with Gasteiger partial charge in [0.05, 0.1) is 22.4 Å². The predicted molar refractivity (Wildman–Crippen MR) is 136 cm³/mol. The molecule has 2 aromatic heterocycles. The molecule has 174 valence electrons. The SMILES string of the molecule is C=CCc1ccccc1OCc1ccc(C(=O)Nc2cccc(Cn3nc(C)c(Br)c3C)c2)o1. The molecular formula is C27H26BrN3O3. The van der Waals surface area contributed by atoms with E-state index in [-0.39, 0.29) is 18.3 Å². The van der Waals surface area contributed by atoms with Gasteiger partial charge in [0.25, 0.3) is 5.91 Å². The molecule has 34 heavy (non-hydrogen) atoms. The number of ether oxygens (including phenoxy) is 1. The quantitative estimate of drug-likeness (QED) is 0.257. The summed E-state index contributed by atoms with van der Waals surface area (Å²) in [4.78, 5) is 12.7. The molecule has 4 aromatic rings. The molecule has 0 bridgehead atoms. The largest absolute Gasteiger partial charge is 0.485 e. The number of benzene rings is 2. The number of carbonyl (C=O) groups is 1. The lowest BCUT2D eigenvalue weighted by Gasteiger charge is -2.09. The van der Waals surface area contributed by atoms with Crippen molar-refractivity contribution < 1.29 is 13.9 Å². The Morgan fingerprint density at radius 2 is 2.00 bits per heavy atom. The Morgan fingerprint density at radius 3 is 2.76 bits per heavy atom. The number of aromatic nitrogens is 2. The number of nitrogens with one attached hydrogen (secondary N) is 1. The topological polar surface area (TPSA) is 69.3 Å². The molecule has 7 heteroatoms. The van der Waals surface area contributed by atoms with E-state index >= 15 is 0 Å². The van der Waals surface area contributed by atoms with E-state index in [0.717, 1.165) is 39.2 Å². The fourth-order valence-corrected chi connectivity index (χ4v) is 3.92. The van der Waals surface area contributed by atoms with Crippen LogP contribution in [0.25, 0.3) is 0 Å². The maximum atomic E-state index is 12.7. The lowest BCUT2D eigenvalue weighted by molar-refractivity contribution is 0.0992. The number of carbonyl (C=O) groups excluding carboxylic acids is 1. The number of anilines is 1. The van der Waals surface area contributed by atoms with Gasteiger partial charge >= 0.3 is 0 Å². The van der Waals surface area contributed by atoms with Crippen molar-refractivity contribution in [2.75, 3.05) is 5.32 Å². The smallest absolute Gasteiger partial charge is 0.291 e. The molecule has 1 N–H and O–H groups in total. The molecule has 0 saturated heterocycles. The fraction of sp³-hybridized carbons (Fsp3) is 0.185. The van der Waals surface area contributed by atoms with Gasteiger partial charge in [-0.25, -0.2) is 0 Å². The summed E-state index contributed by atoms with van der Waals surface area (Å²) in [5.74, 6) is 1.26. The molecule has 0 aliphatic heterocycles. The number of rotatable bonds is 9. The van der Waals surface area contributed by atoms with E-state index in [1.807, 2.05) is 73.1 Å². The molecule has 1 amide bonds. The normalized spacial score (nSPS) is 10.8. The number of aryl methyl sites for hydroxylation is 1. The highest BCUT2D eigenvalue weighted by molar-refractivity contribution is 9.10. The third-order valence-corrected chi connectivity index (χ3v) is 6.55. The van der Waals surface area contributed by atoms with Crippen molar-refractivity contribution >= 4 is 27.5 Å². The molecule has 0 aliphatic carbocycles. The van der Waals surface area contributed by atoms with E-state index in [1.165, 1.54) is 0 Å². The first kappa shape index (κ1) is 23.6. The van der Waals surface area contributed by atoms with Gasteiger partial charge in [-0.05, 0) is 77.7 Å². The van der Waals surface area contributed by atoms with Gasteiger partial charge < -0.3 is 14.5 Å². The number of hydrogen-bond acceptors (Lipinski definition) is 4. The second-order valence-electron chi connectivity index (χ2n) is 7.95. The van der Waals surface area contributed by atoms with Crippen LogP contribution in [-0.4, -0.2) is 15.7 Å². The summed E-state index contributed by atoms with van der Waals surface area (Å²) in [5, 5.41) is 7.46. The first-order chi connectivity index (χ1) is 16.4. The van der Waals surface area contributed by atoms with Gasteiger partial charge in [-0.3, -0.25) is 9.48 Å². The van der Waals surface area contributed by atoms with Gasteiger partial charge in [0.2, 0.25) is 0 Å². The Morgan fingerprint density at radius 1 is 1.18 bits per heavy atom. The number of allylic oxidation sites excluding steroid dienone is 1. The Kier molecular flexibility index (Phi) is 7.33. The number of furan rings is 1. The fourth-order valence-electron chi connectivity index (χ4n) is 3.64. The summed E-state index contributed by atoms with van der Waals surface area (Å²) in [7, 11) is 0. The van der Waals surface area contributed by atoms with Crippen LogP contribution >= 0.6 is 15.9 Å².